The molecule has 0 atom stereocenters. The number of pyridine rings is 1. The van der Waals surface area contributed by atoms with Crippen LogP contribution in [0.1, 0.15) is 25.3 Å². The molecule has 0 saturated carbocycles. The highest BCUT2D eigenvalue weighted by Crippen LogP contribution is 2.03. The van der Waals surface area contributed by atoms with Crippen LogP contribution < -0.4 is 10.6 Å². The molecule has 0 bridgehead atoms. The molecule has 0 aliphatic heterocycles. The van der Waals surface area contributed by atoms with Gasteiger partial charge in [-0.15, -0.1) is 0 Å². The van der Waals surface area contributed by atoms with E-state index in [0.717, 1.165) is 6.42 Å². The first-order chi connectivity index (χ1) is 8.26. The Hall–Kier alpha value is -2.09. The molecule has 0 fully saturated rings. The normalized spacial score (nSPS) is 9.41. The first kappa shape index (κ1) is 13.0. The van der Waals surface area contributed by atoms with Crippen LogP contribution in [-0.4, -0.2) is 24.0 Å². The van der Waals surface area contributed by atoms with E-state index in [4.69, 9.17) is 5.26 Å². The van der Waals surface area contributed by atoms with Crippen molar-refractivity contribution in [2.45, 2.75) is 19.8 Å². The largest absolute Gasteiger partial charge is 0.370 e. The summed E-state index contributed by atoms with van der Waals surface area (Å²) in [5.41, 5.74) is 0.524. The summed E-state index contributed by atoms with van der Waals surface area (Å²) in [6.45, 7) is 3.27. The van der Waals surface area contributed by atoms with Crippen LogP contribution in [0.2, 0.25) is 0 Å². The Morgan fingerprint density at radius 1 is 1.47 bits per heavy atom. The van der Waals surface area contributed by atoms with Crippen LogP contribution in [0.25, 0.3) is 0 Å². The highest BCUT2D eigenvalue weighted by Gasteiger charge is 2.00. The van der Waals surface area contributed by atoms with Crippen molar-refractivity contribution in [1.29, 1.82) is 5.26 Å². The topological polar surface area (TPSA) is 77.8 Å². The smallest absolute Gasteiger partial charge is 0.221 e. The Morgan fingerprint density at radius 2 is 2.29 bits per heavy atom. The SMILES string of the molecule is CCCNC(=O)CCNc1ccc(C#N)cn1. The van der Waals surface area contributed by atoms with Gasteiger partial charge >= 0.3 is 0 Å². The minimum Gasteiger partial charge on any atom is -0.370 e. The van der Waals surface area contributed by atoms with E-state index in [1.807, 2.05) is 13.0 Å². The lowest BCUT2D eigenvalue weighted by Gasteiger charge is -2.05. The van der Waals surface area contributed by atoms with Gasteiger partial charge in [-0.25, -0.2) is 4.98 Å². The van der Waals surface area contributed by atoms with Gasteiger partial charge in [-0.1, -0.05) is 6.92 Å². The summed E-state index contributed by atoms with van der Waals surface area (Å²) in [6.07, 6.45) is 2.86. The van der Waals surface area contributed by atoms with E-state index in [1.165, 1.54) is 6.20 Å². The van der Waals surface area contributed by atoms with Gasteiger partial charge < -0.3 is 10.6 Å². The molecular formula is C12H16N4O. The van der Waals surface area contributed by atoms with Crippen LogP contribution in [0.5, 0.6) is 0 Å². The fraction of sp³-hybridized carbons (Fsp3) is 0.417. The maximum absolute atomic E-state index is 11.3. The first-order valence-electron chi connectivity index (χ1n) is 5.63. The quantitative estimate of drug-likeness (QED) is 0.774. The lowest BCUT2D eigenvalue weighted by molar-refractivity contribution is -0.120. The zero-order valence-electron chi connectivity index (χ0n) is 9.86. The predicted molar refractivity (Wildman–Crippen MR) is 65.4 cm³/mol. The minimum atomic E-state index is 0.0352. The number of nitrogens with one attached hydrogen (secondary N) is 2. The summed E-state index contributed by atoms with van der Waals surface area (Å²) in [7, 11) is 0. The third-order valence-electron chi connectivity index (χ3n) is 2.12. The number of carbonyl (C=O) groups excluding carboxylic acids is 1. The summed E-state index contributed by atoms with van der Waals surface area (Å²) >= 11 is 0. The highest BCUT2D eigenvalue weighted by atomic mass is 16.1. The van der Waals surface area contributed by atoms with Crippen molar-refractivity contribution in [3.8, 4) is 6.07 Å². The Labute approximate surface area is 101 Å². The average molecular weight is 232 g/mol. The number of nitrogens with zero attached hydrogens (tertiary/aromatic N) is 2. The molecule has 0 aromatic carbocycles. The van der Waals surface area contributed by atoms with Crippen molar-refractivity contribution < 1.29 is 4.79 Å². The second-order valence-electron chi connectivity index (χ2n) is 3.57. The molecule has 1 heterocycles. The van der Waals surface area contributed by atoms with E-state index < -0.39 is 0 Å². The van der Waals surface area contributed by atoms with Crippen LogP contribution in [-0.2, 0) is 4.79 Å². The van der Waals surface area contributed by atoms with Gasteiger partial charge in [-0.2, -0.15) is 5.26 Å². The Kier molecular flexibility index (Phi) is 5.52. The molecule has 0 spiro atoms. The molecule has 5 heteroatoms. The molecule has 0 aliphatic carbocycles. The molecule has 5 nitrogen and oxygen atoms in total. The second kappa shape index (κ2) is 7.23. The van der Waals surface area contributed by atoms with Gasteiger partial charge in [-0.3, -0.25) is 4.79 Å². The van der Waals surface area contributed by atoms with Gasteiger partial charge in [0.1, 0.15) is 11.9 Å². The Balaban J connectivity index is 2.26. The Bertz CT molecular complexity index is 394. The van der Waals surface area contributed by atoms with Crippen molar-refractivity contribution in [1.82, 2.24) is 10.3 Å². The first-order valence-corrected chi connectivity index (χ1v) is 5.63. The minimum absolute atomic E-state index is 0.0352. The molecule has 1 amide bonds. The highest BCUT2D eigenvalue weighted by molar-refractivity contribution is 5.76. The van der Waals surface area contributed by atoms with Gasteiger partial charge in [0.05, 0.1) is 5.56 Å². The summed E-state index contributed by atoms with van der Waals surface area (Å²) in [6, 6.07) is 5.41. The number of amides is 1. The van der Waals surface area contributed by atoms with Crippen LogP contribution in [0, 0.1) is 11.3 Å². The van der Waals surface area contributed by atoms with Crippen molar-refractivity contribution >= 4 is 11.7 Å². The van der Waals surface area contributed by atoms with Crippen LogP contribution in [0.4, 0.5) is 5.82 Å². The zero-order chi connectivity index (χ0) is 12.5. The van der Waals surface area contributed by atoms with Gasteiger partial charge in [0, 0.05) is 25.7 Å². The van der Waals surface area contributed by atoms with Gasteiger partial charge in [0.2, 0.25) is 5.91 Å². The van der Waals surface area contributed by atoms with E-state index >= 15 is 0 Å². The van der Waals surface area contributed by atoms with Gasteiger partial charge in [-0.05, 0) is 18.6 Å². The molecular weight excluding hydrogens is 216 g/mol. The van der Waals surface area contributed by atoms with E-state index in [2.05, 4.69) is 15.6 Å². The molecule has 1 aromatic heterocycles. The van der Waals surface area contributed by atoms with Crippen molar-refractivity contribution in [3.63, 3.8) is 0 Å². The number of aromatic nitrogens is 1. The monoisotopic (exact) mass is 232 g/mol. The van der Waals surface area contributed by atoms with Gasteiger partial charge in [0.25, 0.3) is 0 Å². The fourth-order valence-corrected chi connectivity index (χ4v) is 1.22. The molecule has 0 unspecified atom stereocenters. The van der Waals surface area contributed by atoms with Crippen molar-refractivity contribution in [2.75, 3.05) is 18.4 Å². The lowest BCUT2D eigenvalue weighted by atomic mass is 10.3. The molecule has 90 valence electrons. The number of anilines is 1. The van der Waals surface area contributed by atoms with Crippen molar-refractivity contribution in [2.24, 2.45) is 0 Å². The zero-order valence-corrected chi connectivity index (χ0v) is 9.86. The summed E-state index contributed by atoms with van der Waals surface area (Å²) in [5, 5.41) is 14.4. The molecule has 17 heavy (non-hydrogen) atoms. The lowest BCUT2D eigenvalue weighted by Crippen LogP contribution is -2.25. The van der Waals surface area contributed by atoms with Gasteiger partial charge in [0.15, 0.2) is 0 Å². The number of carbonyl (C=O) groups is 1. The maximum Gasteiger partial charge on any atom is 0.221 e. The molecule has 2 N–H and O–H groups in total. The van der Waals surface area contributed by atoms with E-state index in [-0.39, 0.29) is 5.91 Å². The van der Waals surface area contributed by atoms with Crippen LogP contribution in [0.15, 0.2) is 18.3 Å². The van der Waals surface area contributed by atoms with Crippen LogP contribution in [0.3, 0.4) is 0 Å². The molecule has 1 rings (SSSR count). The van der Waals surface area contributed by atoms with Crippen molar-refractivity contribution in [3.05, 3.63) is 23.9 Å². The number of hydrogen-bond donors (Lipinski definition) is 2. The fourth-order valence-electron chi connectivity index (χ4n) is 1.22. The number of rotatable bonds is 6. The standard InChI is InChI=1S/C12H16N4O/c1-2-6-15-12(17)5-7-14-11-4-3-10(8-13)9-16-11/h3-4,9H,2,5-7H2,1H3,(H,14,16)(H,15,17). The third kappa shape index (κ3) is 4.98. The predicted octanol–water partition coefficient (Wildman–Crippen LogP) is 1.28. The number of nitriles is 1. The van der Waals surface area contributed by atoms with E-state index in [9.17, 15) is 4.79 Å². The van der Waals surface area contributed by atoms with Crippen LogP contribution >= 0.6 is 0 Å². The van der Waals surface area contributed by atoms with E-state index in [0.29, 0.717) is 30.9 Å². The molecule has 0 radical (unpaired) electrons. The maximum atomic E-state index is 11.3. The van der Waals surface area contributed by atoms with E-state index in [1.54, 1.807) is 12.1 Å². The molecule has 1 aromatic rings. The second-order valence-corrected chi connectivity index (χ2v) is 3.57. The third-order valence-corrected chi connectivity index (χ3v) is 2.12. The summed E-state index contributed by atoms with van der Waals surface area (Å²) < 4.78 is 0. The summed E-state index contributed by atoms with van der Waals surface area (Å²) in [5.74, 6) is 0.709. The Morgan fingerprint density at radius 3 is 2.88 bits per heavy atom. The number of hydrogen-bond acceptors (Lipinski definition) is 4. The molecule has 0 aliphatic rings. The average Bonchev–Trinajstić information content (AvgIpc) is 2.37. The summed E-state index contributed by atoms with van der Waals surface area (Å²) in [4.78, 5) is 15.3. The molecule has 0 saturated heterocycles.